The van der Waals surface area contributed by atoms with Gasteiger partial charge in [-0.3, -0.25) is 0 Å². The molecule has 0 spiro atoms. The van der Waals surface area contributed by atoms with Crippen molar-refractivity contribution in [1.82, 2.24) is 9.97 Å². The van der Waals surface area contributed by atoms with Gasteiger partial charge in [0.25, 0.3) is 0 Å². The normalized spacial score (nSPS) is 11.8. The Kier molecular flexibility index (Phi) is 14.2. The van der Waals surface area contributed by atoms with Crippen molar-refractivity contribution in [2.75, 3.05) is 0 Å². The van der Waals surface area contributed by atoms with E-state index >= 15 is 0 Å². The molecule has 0 fully saturated rings. The summed E-state index contributed by atoms with van der Waals surface area (Å²) < 4.78 is 25.0. The van der Waals surface area contributed by atoms with Crippen LogP contribution in [0.15, 0.2) is 60.9 Å². The summed E-state index contributed by atoms with van der Waals surface area (Å²) in [4.78, 5) is 21.6. The number of unbranched alkanes of at least 4 members (excludes halogenated alkanes) is 10. The summed E-state index contributed by atoms with van der Waals surface area (Å²) in [5, 5.41) is 0. The van der Waals surface area contributed by atoms with Gasteiger partial charge < -0.3 is 9.47 Å². The highest BCUT2D eigenvalue weighted by Gasteiger charge is 2.12. The van der Waals surface area contributed by atoms with E-state index in [0.29, 0.717) is 29.3 Å². The third-order valence-electron chi connectivity index (χ3n) is 6.99. The first-order chi connectivity index (χ1) is 19.6. The van der Waals surface area contributed by atoms with E-state index in [1.165, 1.54) is 57.8 Å². The maximum atomic E-state index is 14.1. The molecule has 0 saturated carbocycles. The molecule has 1 aromatic heterocycles. The average Bonchev–Trinajstić information content (AvgIpc) is 2.98. The number of aryl methyl sites for hydroxylation is 1. The topological polar surface area (TPSA) is 61.3 Å². The molecule has 216 valence electrons. The van der Waals surface area contributed by atoms with E-state index in [1.807, 2.05) is 24.5 Å². The largest absolute Gasteiger partial charge is 0.460 e. The Balaban J connectivity index is 1.41. The molecule has 1 heterocycles. The van der Waals surface area contributed by atoms with Crippen LogP contribution in [0.4, 0.5) is 4.39 Å². The fraction of sp³-hybridized carbons (Fsp3) is 0.500. The number of nitrogens with zero attached hydrogens (tertiary/aromatic N) is 2. The molecule has 0 saturated heterocycles. The van der Waals surface area contributed by atoms with Gasteiger partial charge >= 0.3 is 5.97 Å². The first-order valence-corrected chi connectivity index (χ1v) is 15.1. The smallest absolute Gasteiger partial charge is 0.343 e. The van der Waals surface area contributed by atoms with Crippen LogP contribution in [0, 0.1) is 0 Å². The fourth-order valence-electron chi connectivity index (χ4n) is 4.54. The van der Waals surface area contributed by atoms with Crippen molar-refractivity contribution in [2.24, 2.45) is 0 Å². The highest BCUT2D eigenvalue weighted by molar-refractivity contribution is 5.91. The van der Waals surface area contributed by atoms with E-state index in [1.54, 1.807) is 36.4 Å². The Morgan fingerprint density at radius 1 is 0.725 bits per heavy atom. The highest BCUT2D eigenvalue weighted by atomic mass is 19.1. The zero-order valence-electron chi connectivity index (χ0n) is 24.2. The van der Waals surface area contributed by atoms with Gasteiger partial charge in [0, 0.05) is 24.4 Å². The van der Waals surface area contributed by atoms with Crippen molar-refractivity contribution in [3.05, 3.63) is 72.1 Å². The van der Waals surface area contributed by atoms with Crippen molar-refractivity contribution in [3.8, 4) is 22.9 Å². The van der Waals surface area contributed by atoms with E-state index in [2.05, 4.69) is 23.8 Å². The molecule has 6 heteroatoms. The second-order valence-corrected chi connectivity index (χ2v) is 10.5. The maximum absolute atomic E-state index is 14.1. The molecule has 0 bridgehead atoms. The Labute approximate surface area is 239 Å². The standard InChI is InChI=1S/C34H45FN2O3/c1-3-5-7-9-10-12-13-15-27-25-36-33(37-26-27)28-17-21-31(22-18-28)40-34(38)29-19-23-30(24-20-29)39-32(35)16-14-11-8-6-4-2/h17-26,32H,3-16H2,1-2H3. The van der Waals surface area contributed by atoms with Crippen molar-refractivity contribution < 1.29 is 18.7 Å². The third-order valence-corrected chi connectivity index (χ3v) is 6.99. The predicted octanol–water partition coefficient (Wildman–Crippen LogP) is 9.69. The van der Waals surface area contributed by atoms with Gasteiger partial charge in [-0.05, 0) is 73.4 Å². The second-order valence-electron chi connectivity index (χ2n) is 10.5. The number of halogens is 1. The maximum Gasteiger partial charge on any atom is 0.343 e. The van der Waals surface area contributed by atoms with Gasteiger partial charge in [-0.2, -0.15) is 0 Å². The van der Waals surface area contributed by atoms with Gasteiger partial charge in [-0.1, -0.05) is 78.1 Å². The van der Waals surface area contributed by atoms with Crippen LogP contribution >= 0.6 is 0 Å². The number of carbonyl (C=O) groups is 1. The molecule has 0 aliphatic rings. The minimum Gasteiger partial charge on any atom is -0.460 e. The van der Waals surface area contributed by atoms with E-state index in [0.717, 1.165) is 36.8 Å². The van der Waals surface area contributed by atoms with Gasteiger partial charge in [0.05, 0.1) is 5.56 Å². The minimum atomic E-state index is -1.34. The first-order valence-electron chi connectivity index (χ1n) is 15.1. The number of hydrogen-bond donors (Lipinski definition) is 0. The van der Waals surface area contributed by atoms with Crippen molar-refractivity contribution in [1.29, 1.82) is 0 Å². The van der Waals surface area contributed by atoms with E-state index < -0.39 is 12.3 Å². The Morgan fingerprint density at radius 3 is 1.90 bits per heavy atom. The molecule has 3 aromatic rings. The Hall–Kier alpha value is -3.28. The first kappa shape index (κ1) is 31.3. The molecule has 0 radical (unpaired) electrons. The summed E-state index contributed by atoms with van der Waals surface area (Å²) in [7, 11) is 0. The highest BCUT2D eigenvalue weighted by Crippen LogP contribution is 2.22. The van der Waals surface area contributed by atoms with Gasteiger partial charge in [0.1, 0.15) is 11.5 Å². The van der Waals surface area contributed by atoms with Gasteiger partial charge in [0.15, 0.2) is 5.82 Å². The van der Waals surface area contributed by atoms with Crippen LogP contribution in [0.5, 0.6) is 11.5 Å². The average molecular weight is 549 g/mol. The van der Waals surface area contributed by atoms with Crippen LogP contribution in [0.25, 0.3) is 11.4 Å². The van der Waals surface area contributed by atoms with Crippen LogP contribution < -0.4 is 9.47 Å². The zero-order chi connectivity index (χ0) is 28.4. The monoisotopic (exact) mass is 548 g/mol. The molecule has 0 aliphatic carbocycles. The molecule has 1 unspecified atom stereocenters. The molecule has 1 atom stereocenters. The number of ether oxygens (including phenoxy) is 2. The SMILES string of the molecule is CCCCCCCCCc1cnc(-c2ccc(OC(=O)c3ccc(OC(F)CCCCCCC)cc3)cc2)nc1. The summed E-state index contributed by atoms with van der Waals surface area (Å²) in [5.41, 5.74) is 2.38. The number of carbonyl (C=O) groups excluding carboxylic acids is 1. The van der Waals surface area contributed by atoms with Crippen LogP contribution in [-0.2, 0) is 6.42 Å². The Morgan fingerprint density at radius 2 is 1.27 bits per heavy atom. The van der Waals surface area contributed by atoms with E-state index in [4.69, 9.17) is 9.47 Å². The summed E-state index contributed by atoms with van der Waals surface area (Å²) >= 11 is 0. The molecule has 3 rings (SSSR count). The summed E-state index contributed by atoms with van der Waals surface area (Å²) in [6, 6.07) is 13.5. The lowest BCUT2D eigenvalue weighted by Crippen LogP contribution is -2.11. The van der Waals surface area contributed by atoms with Crippen LogP contribution in [0.3, 0.4) is 0 Å². The Bertz CT molecular complexity index is 1100. The second kappa shape index (κ2) is 18.1. The predicted molar refractivity (Wildman–Crippen MR) is 159 cm³/mol. The fourth-order valence-corrected chi connectivity index (χ4v) is 4.54. The van der Waals surface area contributed by atoms with E-state index in [-0.39, 0.29) is 0 Å². The number of rotatable bonds is 19. The third kappa shape index (κ3) is 11.4. The van der Waals surface area contributed by atoms with Gasteiger partial charge in [0.2, 0.25) is 6.36 Å². The zero-order valence-corrected chi connectivity index (χ0v) is 24.2. The van der Waals surface area contributed by atoms with Crippen molar-refractivity contribution >= 4 is 5.97 Å². The number of esters is 1. The molecule has 0 N–H and O–H groups in total. The lowest BCUT2D eigenvalue weighted by molar-refractivity contribution is 0.0569. The number of hydrogen-bond acceptors (Lipinski definition) is 5. The number of benzene rings is 2. The molecule has 2 aromatic carbocycles. The summed E-state index contributed by atoms with van der Waals surface area (Å²) in [5.74, 6) is 0.980. The molecule has 0 aliphatic heterocycles. The van der Waals surface area contributed by atoms with Crippen molar-refractivity contribution in [3.63, 3.8) is 0 Å². The molecule has 0 amide bonds. The molecular weight excluding hydrogens is 503 g/mol. The van der Waals surface area contributed by atoms with E-state index in [9.17, 15) is 9.18 Å². The molecular formula is C34H45FN2O3. The minimum absolute atomic E-state index is 0.367. The summed E-state index contributed by atoms with van der Waals surface area (Å²) in [6.07, 6.45) is 18.1. The van der Waals surface area contributed by atoms with Crippen LogP contribution in [0.1, 0.15) is 113 Å². The van der Waals surface area contributed by atoms with Gasteiger partial charge in [-0.25, -0.2) is 19.2 Å². The number of aromatic nitrogens is 2. The van der Waals surface area contributed by atoms with Crippen LogP contribution in [0.2, 0.25) is 0 Å². The molecule has 5 nitrogen and oxygen atoms in total. The van der Waals surface area contributed by atoms with Crippen molar-refractivity contribution in [2.45, 2.75) is 110 Å². The summed E-state index contributed by atoms with van der Waals surface area (Å²) in [6.45, 7) is 4.40. The van der Waals surface area contributed by atoms with Gasteiger partial charge in [-0.15, -0.1) is 0 Å². The molecule has 40 heavy (non-hydrogen) atoms. The lowest BCUT2D eigenvalue weighted by Gasteiger charge is -2.12. The van der Waals surface area contributed by atoms with Crippen LogP contribution in [-0.4, -0.2) is 22.3 Å². The lowest BCUT2D eigenvalue weighted by atomic mass is 10.1. The number of alkyl halides is 1. The quantitative estimate of drug-likeness (QED) is 0.0847.